The number of amides is 10. The first kappa shape index (κ1) is 118. The van der Waals surface area contributed by atoms with Crippen molar-refractivity contribution in [1.82, 2.24) is 51.1 Å². The molecule has 5 aliphatic heterocycles. The van der Waals surface area contributed by atoms with Gasteiger partial charge in [-0.2, -0.15) is 0 Å². The van der Waals surface area contributed by atoms with Gasteiger partial charge < -0.3 is 96.0 Å². The number of alkyl halides is 7. The van der Waals surface area contributed by atoms with Crippen LogP contribution in [0.3, 0.4) is 0 Å². The van der Waals surface area contributed by atoms with Crippen LogP contribution in [0.2, 0.25) is 0 Å². The van der Waals surface area contributed by atoms with E-state index in [1.165, 1.54) is 11.8 Å². The second-order valence-electron chi connectivity index (χ2n) is 24.0. The third-order valence-electron chi connectivity index (χ3n) is 16.1. The van der Waals surface area contributed by atoms with E-state index in [2.05, 4.69) is 71.0 Å². The number of aldehydes is 2. The number of β-amino-alcohol motifs (C(OH)–C–C–N with tert-alkyl or cyclic N) is 1. The minimum Gasteiger partial charge on any atom is -0.870 e. The Hall–Kier alpha value is -6.32. The molecule has 0 atom stereocenters. The van der Waals surface area contributed by atoms with Gasteiger partial charge >= 0.3 is 65.8 Å². The number of oxime groups is 1. The number of nitrogens with zero attached hydrogens (tertiary/aromatic N) is 6. The number of allylic oxidation sites excluding steroid dienone is 5. The van der Waals surface area contributed by atoms with Gasteiger partial charge in [0.2, 0.25) is 9.23 Å². The zero-order valence-corrected chi connectivity index (χ0v) is 78.2. The molecule has 29 nitrogen and oxygen atoms in total. The molecule has 5 heterocycles. The number of phenols is 2. The Morgan fingerprint density at radius 1 is 0.578 bits per heavy atom. The Balaban J connectivity index is -0.000000408. The Kier molecular flexibility index (Phi) is 73.0. The van der Waals surface area contributed by atoms with Gasteiger partial charge in [0.05, 0.1) is 54.7 Å². The summed E-state index contributed by atoms with van der Waals surface area (Å²) < 4.78 is 33.8. The first-order valence-electron chi connectivity index (χ1n) is 34.9. The fourth-order valence-corrected chi connectivity index (χ4v) is 10.8. The molecule has 5 saturated heterocycles. The summed E-state index contributed by atoms with van der Waals surface area (Å²) in [5.41, 5.74) is 14.1. The number of halogens is 10. The van der Waals surface area contributed by atoms with Crippen LogP contribution in [-0.4, -0.2) is 250 Å². The van der Waals surface area contributed by atoms with Crippen molar-refractivity contribution in [2.45, 2.75) is 90.0 Å². The summed E-state index contributed by atoms with van der Waals surface area (Å²) in [5.74, 6) is 2.62. The van der Waals surface area contributed by atoms with Crippen LogP contribution >= 0.6 is 114 Å². The van der Waals surface area contributed by atoms with Crippen LogP contribution in [-0.2, 0) is 14.0 Å². The molecule has 5 aliphatic rings. The van der Waals surface area contributed by atoms with Crippen LogP contribution < -0.4 is 75.5 Å². The number of aryl methyl sites for hydroxylation is 7. The number of aliphatic hydroxyl groups excluding tert-OH is 1. The molecule has 116 heavy (non-hydrogen) atoms. The van der Waals surface area contributed by atoms with Crippen molar-refractivity contribution in [2.24, 2.45) is 5.16 Å². The minimum atomic E-state index is -1.67. The van der Waals surface area contributed by atoms with Crippen LogP contribution in [0.15, 0.2) is 82.8 Å². The number of ether oxygens (including phenoxy) is 3. The quantitative estimate of drug-likeness (QED) is 0.00355. The third-order valence-corrected chi connectivity index (χ3v) is 16.3. The fourth-order valence-electron chi connectivity index (χ4n) is 10.6. The molecule has 0 unspecified atom stereocenters. The molecule has 5 fully saturated rings. The zero-order valence-electron chi connectivity index (χ0n) is 67.8. The molecule has 648 valence electrons. The molecular formula is C75H109Cl10N12NaO17S. The van der Waals surface area contributed by atoms with Gasteiger partial charge in [0.15, 0.2) is 12.6 Å². The van der Waals surface area contributed by atoms with E-state index in [-0.39, 0.29) is 93.6 Å². The Bertz CT molecular complexity index is 3750. The number of carbonyl (C=O) groups excluding carboxylic acids is 7. The number of hydrogen-bond donors (Lipinski definition) is 10. The molecule has 4 aromatic carbocycles. The summed E-state index contributed by atoms with van der Waals surface area (Å²) in [6.45, 7) is 36.2. The number of carbonyl (C=O) groups is 7. The summed E-state index contributed by atoms with van der Waals surface area (Å²) in [5, 5.41) is 60.0. The largest absolute Gasteiger partial charge is 1.00 e. The molecule has 0 aliphatic carbocycles. The molecule has 0 bridgehead atoms. The van der Waals surface area contributed by atoms with Crippen LogP contribution in [0, 0.1) is 75.3 Å². The topological polar surface area (TPSA) is 411 Å². The van der Waals surface area contributed by atoms with E-state index in [0.717, 1.165) is 124 Å². The van der Waals surface area contributed by atoms with Gasteiger partial charge in [-0.05, 0) is 152 Å². The number of benzene rings is 4. The van der Waals surface area contributed by atoms with Crippen molar-refractivity contribution < 1.29 is 117 Å². The number of rotatable bonds is 21. The zero-order chi connectivity index (χ0) is 87.4. The number of hydrogen-bond acceptors (Lipinski definition) is 18. The van der Waals surface area contributed by atoms with Gasteiger partial charge in [-0.25, -0.2) is 40.0 Å². The van der Waals surface area contributed by atoms with E-state index in [1.54, 1.807) is 43.8 Å². The summed E-state index contributed by atoms with van der Waals surface area (Å²) in [4.78, 5) is 85.6. The number of phenolic OH excluding ortho intramolecular Hbond substituents is 2. The Labute approximate surface area is 755 Å². The van der Waals surface area contributed by atoms with E-state index in [9.17, 15) is 38.7 Å². The number of aromatic hydroxyl groups is 2. The van der Waals surface area contributed by atoms with Crippen LogP contribution in [0.25, 0.3) is 0 Å². The second kappa shape index (κ2) is 71.6. The van der Waals surface area contributed by atoms with Crippen molar-refractivity contribution in [1.29, 1.82) is 0 Å². The second-order valence-corrected chi connectivity index (χ2v) is 29.4. The van der Waals surface area contributed by atoms with Crippen molar-refractivity contribution in [3.8, 4) is 29.1 Å². The fraction of sp³-hybridized carbons (Fsp3) is 0.480. The van der Waals surface area contributed by atoms with Crippen molar-refractivity contribution in [3.63, 3.8) is 0 Å². The van der Waals surface area contributed by atoms with E-state index < -0.39 is 9.23 Å². The monoisotopic (exact) mass is 1850 g/mol. The van der Waals surface area contributed by atoms with Crippen molar-refractivity contribution in [3.05, 3.63) is 150 Å². The van der Waals surface area contributed by atoms with Gasteiger partial charge in [0, 0.05) is 134 Å². The van der Waals surface area contributed by atoms with Gasteiger partial charge in [-0.3, -0.25) is 9.59 Å². The van der Waals surface area contributed by atoms with Crippen molar-refractivity contribution >= 4 is 173 Å². The van der Waals surface area contributed by atoms with Crippen LogP contribution in [0.5, 0.6) is 23.0 Å². The predicted octanol–water partition coefficient (Wildman–Crippen LogP) is 8.97. The van der Waals surface area contributed by atoms with Crippen molar-refractivity contribution in [2.75, 3.05) is 146 Å². The summed E-state index contributed by atoms with van der Waals surface area (Å²) in [6, 6.07) is 15.4. The molecule has 0 saturated carbocycles. The minimum absolute atomic E-state index is 0. The first-order valence-corrected chi connectivity index (χ1v) is 41.8. The van der Waals surface area contributed by atoms with E-state index in [4.69, 9.17) is 125 Å². The standard InChI is InChI=1S/C15H23N3O3.C15H20N2O3.C14H17N3O2.C10H12O2.C8H10O.C5H9ClN2O.C5H10N2O2.3CH2Cl2.Cl2OS.ClO.Na.H2O/c1-4-14(10-17-20)13(3)9-12(2)11-21-8-7-18-6-5-16-15(18)19;1-10-8-11(2)14(12(3)13(10)9-18)20-7-6-17-5-4-16-15(17)19;1-10-3-4-13(11(2)12(10)9-15)19-8-7-17-6-5-16-14(17)18;1-6-4-7(2)10(12)8(3)9(6)5-11;1-6-3-4-8(9)7(2)5-6;6-1-3-8-4-2-7-5(8)9;8-4-3-7-2-1-6-5(7)9;3*2-1-3;1-4(2)3;1-2;;/h4,9-11,20H,5-8H2,1-3H3,(H,16,19);8-9H,4-7H2,1-3H3,(H,16,19);3-4H,5-8H2,1-2H3,(H,16,18);4-5,12H,1-3H3;3-5,9H,1-2H3;1-4H2,(H,7,9);8H,1-4H2,(H,6,9);3*1H2;;;;1H2/q;;;;;;;;;;;-1;+1;/b12-11+,13-9-,14-4+,17-10+;;;;;;;;;;;;;. The first-order chi connectivity index (χ1) is 54.2. The maximum absolute atomic E-state index is 11.4. The number of nitrogens with one attached hydrogen (secondary N) is 6. The third kappa shape index (κ3) is 49.3. The van der Waals surface area contributed by atoms with Gasteiger partial charge in [0.25, 0.3) is 0 Å². The molecular weight excluding hydrogens is 1750 g/mol. The predicted molar refractivity (Wildman–Crippen MR) is 460 cm³/mol. The Morgan fingerprint density at radius 2 is 0.974 bits per heavy atom. The molecule has 11 N–H and O–H groups in total. The molecule has 41 heteroatoms. The van der Waals surface area contributed by atoms with E-state index in [0.29, 0.717) is 114 Å². The summed E-state index contributed by atoms with van der Waals surface area (Å²) >= 11 is 37.4. The van der Waals surface area contributed by atoms with Crippen LogP contribution in [0.1, 0.15) is 103 Å². The maximum Gasteiger partial charge on any atom is 1.00 e. The number of urea groups is 5. The number of aliphatic hydroxyl groups is 1. The summed E-state index contributed by atoms with van der Waals surface area (Å²) in [6.07, 6.45) is 8.52. The Morgan fingerprint density at radius 3 is 1.34 bits per heavy atom. The normalized spacial score (nSPS) is 13.4. The van der Waals surface area contributed by atoms with Gasteiger partial charge in [0.1, 0.15) is 48.4 Å². The maximum atomic E-state index is 11.4. The molecule has 10 amide bonds. The molecule has 4 aromatic rings. The summed E-state index contributed by atoms with van der Waals surface area (Å²) in [7, 11) is 7.36. The smallest absolute Gasteiger partial charge is 0.870 e. The average Bonchev–Trinajstić information content (AvgIpc) is 1.40. The molecule has 0 radical (unpaired) electrons. The van der Waals surface area contributed by atoms with Crippen LogP contribution in [0.4, 0.5) is 24.0 Å². The van der Waals surface area contributed by atoms with E-state index in [1.807, 2.05) is 132 Å². The van der Waals surface area contributed by atoms with Gasteiger partial charge in [-0.1, -0.05) is 58.5 Å². The SMILES string of the molecule is C/C=C(\C=N\O)C(/C)=C\C(C)=C\OCCN1CCNC1=O.Cc1cc(C)c(C=O)c(C)c1O.Cc1cc(C)c(OCCN2CCNC2=O)c(C)c1C=O.Cc1ccc(O)c(C)c1.Cc1ccc(OCCN2CCNC2=O)c(C)c1C#[NH+].ClCCl.ClCCl.ClCCl.O=C1NCCN1CCCl.O=C1NCCN1CCO.O=S(Cl)Cl.[Na+].[O-]Cl.[OH-]. The van der Waals surface area contributed by atoms with E-state index >= 15 is 0 Å². The molecule has 0 aromatic heterocycles. The van der Waals surface area contributed by atoms with Gasteiger partial charge in [-0.15, -0.1) is 81.2 Å². The average molecular weight is 1860 g/mol. The molecule has 0 spiro atoms. The molecule has 9 rings (SSSR count).